The number of rotatable bonds is 13. The van der Waals surface area contributed by atoms with Crippen molar-refractivity contribution < 1.29 is 14.3 Å². The van der Waals surface area contributed by atoms with Gasteiger partial charge >= 0.3 is 5.97 Å². The summed E-state index contributed by atoms with van der Waals surface area (Å²) in [6, 6.07) is 15.3. The quantitative estimate of drug-likeness (QED) is 0.156. The number of aryl methyl sites for hydroxylation is 1. The highest BCUT2D eigenvalue weighted by Gasteiger charge is 2.10. The van der Waals surface area contributed by atoms with Gasteiger partial charge in [0.1, 0.15) is 5.75 Å². The molecule has 34 heavy (non-hydrogen) atoms. The minimum atomic E-state index is -0.450. The number of carbonyl (C=O) groups excluding carboxylic acids is 1. The molecule has 0 aliphatic carbocycles. The third-order valence-electron chi connectivity index (χ3n) is 5.85. The molecule has 5 heteroatoms. The summed E-state index contributed by atoms with van der Waals surface area (Å²) in [4.78, 5) is 21.1. The highest BCUT2D eigenvalue weighted by molar-refractivity contribution is 5.90. The lowest BCUT2D eigenvalue weighted by atomic mass is 10.0. The van der Waals surface area contributed by atoms with Crippen molar-refractivity contribution in [1.29, 1.82) is 0 Å². The first-order valence-corrected chi connectivity index (χ1v) is 12.1. The van der Waals surface area contributed by atoms with Gasteiger partial charge in [-0.3, -0.25) is 0 Å². The number of allylic oxidation sites excluding steroid dienone is 1. The molecule has 0 amide bonds. The van der Waals surface area contributed by atoms with Gasteiger partial charge in [-0.05, 0) is 80.0 Å². The second kappa shape index (κ2) is 13.3. The van der Waals surface area contributed by atoms with Crippen LogP contribution in [0, 0.1) is 5.92 Å². The molecule has 0 bridgehead atoms. The lowest BCUT2D eigenvalue weighted by Gasteiger charge is -2.10. The minimum absolute atomic E-state index is 0.171. The molecule has 0 aliphatic heterocycles. The molecule has 0 spiro atoms. The summed E-state index contributed by atoms with van der Waals surface area (Å²) >= 11 is 0. The van der Waals surface area contributed by atoms with Crippen LogP contribution in [0.3, 0.4) is 0 Å². The van der Waals surface area contributed by atoms with Gasteiger partial charge in [0.15, 0.2) is 0 Å². The predicted octanol–water partition coefficient (Wildman–Crippen LogP) is 7.08. The van der Waals surface area contributed by atoms with Crippen molar-refractivity contribution in [3.8, 4) is 22.9 Å². The van der Waals surface area contributed by atoms with Crippen molar-refractivity contribution in [2.24, 2.45) is 5.92 Å². The van der Waals surface area contributed by atoms with Gasteiger partial charge in [-0.2, -0.15) is 0 Å². The van der Waals surface area contributed by atoms with Gasteiger partial charge in [-0.15, -0.1) is 6.58 Å². The molecular weight excluding hydrogens is 424 g/mol. The maximum Gasteiger partial charge on any atom is 0.344 e. The Morgan fingerprint density at radius 1 is 1.03 bits per heavy atom. The Hall–Kier alpha value is -3.47. The van der Waals surface area contributed by atoms with Gasteiger partial charge in [0.05, 0.1) is 30.3 Å². The predicted molar refractivity (Wildman–Crippen MR) is 136 cm³/mol. The van der Waals surface area contributed by atoms with Crippen LogP contribution in [0.2, 0.25) is 0 Å². The van der Waals surface area contributed by atoms with Crippen LogP contribution in [-0.4, -0.2) is 22.5 Å². The van der Waals surface area contributed by atoms with E-state index >= 15 is 0 Å². The van der Waals surface area contributed by atoms with E-state index in [1.165, 1.54) is 24.6 Å². The van der Waals surface area contributed by atoms with Crippen LogP contribution >= 0.6 is 0 Å². The standard InChI is InChI=1S/C29H34N2O3/c1-4-6-7-10-23-11-13-25(14-12-23)29(32)34-28-21-30-27(20-31-28)24-15-17-26(18-16-24)33-19-8-9-22(3)5-2/h4,11-18,20-22H,1,5-10,19H2,2-3H3. The van der Waals surface area contributed by atoms with Crippen molar-refractivity contribution >= 4 is 5.97 Å². The largest absolute Gasteiger partial charge is 0.494 e. The maximum atomic E-state index is 12.4. The lowest BCUT2D eigenvalue weighted by Crippen LogP contribution is -2.09. The van der Waals surface area contributed by atoms with Gasteiger partial charge in [0, 0.05) is 5.56 Å². The number of aromatic nitrogens is 2. The average molecular weight is 459 g/mol. The van der Waals surface area contributed by atoms with Gasteiger partial charge in [0.25, 0.3) is 0 Å². The van der Waals surface area contributed by atoms with Gasteiger partial charge in [-0.25, -0.2) is 14.8 Å². The molecule has 3 aromatic rings. The Kier molecular flexibility index (Phi) is 9.83. The summed E-state index contributed by atoms with van der Waals surface area (Å²) in [6.07, 6.45) is 11.4. The van der Waals surface area contributed by atoms with Crippen LogP contribution < -0.4 is 9.47 Å². The highest BCUT2D eigenvalue weighted by Crippen LogP contribution is 2.22. The smallest absolute Gasteiger partial charge is 0.344 e. The monoisotopic (exact) mass is 458 g/mol. The Bertz CT molecular complexity index is 1030. The highest BCUT2D eigenvalue weighted by atomic mass is 16.5. The zero-order chi connectivity index (χ0) is 24.2. The molecule has 3 rings (SSSR count). The number of esters is 1. The molecule has 0 N–H and O–H groups in total. The van der Waals surface area contributed by atoms with E-state index in [0.717, 1.165) is 49.5 Å². The summed E-state index contributed by atoms with van der Waals surface area (Å²) < 4.78 is 11.2. The average Bonchev–Trinajstić information content (AvgIpc) is 2.88. The summed E-state index contributed by atoms with van der Waals surface area (Å²) in [5.74, 6) is 1.31. The van der Waals surface area contributed by atoms with E-state index in [9.17, 15) is 4.79 Å². The number of hydrogen-bond acceptors (Lipinski definition) is 5. The Balaban J connectivity index is 1.50. The van der Waals surface area contributed by atoms with Crippen molar-refractivity contribution in [3.63, 3.8) is 0 Å². The molecule has 0 aliphatic rings. The van der Waals surface area contributed by atoms with Gasteiger partial charge in [0.2, 0.25) is 5.88 Å². The lowest BCUT2D eigenvalue weighted by molar-refractivity contribution is 0.0727. The molecular formula is C29H34N2O3. The van der Waals surface area contributed by atoms with Crippen molar-refractivity contribution in [1.82, 2.24) is 9.97 Å². The third kappa shape index (κ3) is 7.84. The summed E-state index contributed by atoms with van der Waals surface area (Å²) in [6.45, 7) is 8.95. The molecule has 1 aromatic heterocycles. The molecule has 1 atom stereocenters. The SMILES string of the molecule is C=CCCCc1ccc(C(=O)Oc2cnc(-c3ccc(OCCCC(C)CC)cc3)cn2)cc1. The fourth-order valence-electron chi connectivity index (χ4n) is 3.48. The van der Waals surface area contributed by atoms with Crippen LogP contribution in [-0.2, 0) is 6.42 Å². The number of ether oxygens (including phenoxy) is 2. The molecule has 0 saturated carbocycles. The topological polar surface area (TPSA) is 61.3 Å². The Morgan fingerprint density at radius 3 is 2.44 bits per heavy atom. The molecule has 178 valence electrons. The molecule has 1 unspecified atom stereocenters. The molecule has 2 aromatic carbocycles. The number of carbonyl (C=O) groups is 1. The van der Waals surface area contributed by atoms with E-state index < -0.39 is 5.97 Å². The summed E-state index contributed by atoms with van der Waals surface area (Å²) in [5, 5.41) is 0. The fraction of sp³-hybridized carbons (Fsp3) is 0.345. The second-order valence-corrected chi connectivity index (χ2v) is 8.54. The Morgan fingerprint density at radius 2 is 1.79 bits per heavy atom. The molecule has 5 nitrogen and oxygen atoms in total. The van der Waals surface area contributed by atoms with Crippen LogP contribution in [0.5, 0.6) is 11.6 Å². The first-order valence-electron chi connectivity index (χ1n) is 12.1. The van der Waals surface area contributed by atoms with Crippen LogP contribution in [0.1, 0.15) is 61.9 Å². The van der Waals surface area contributed by atoms with E-state index in [1.54, 1.807) is 18.3 Å². The second-order valence-electron chi connectivity index (χ2n) is 8.54. The Labute approximate surface area is 202 Å². The maximum absolute atomic E-state index is 12.4. The van der Waals surface area contributed by atoms with Gasteiger partial charge < -0.3 is 9.47 Å². The third-order valence-corrected chi connectivity index (χ3v) is 5.85. The van der Waals surface area contributed by atoms with Crippen molar-refractivity contribution in [2.75, 3.05) is 6.61 Å². The fourth-order valence-corrected chi connectivity index (χ4v) is 3.48. The summed E-state index contributed by atoms with van der Waals surface area (Å²) in [5.41, 5.74) is 3.29. The minimum Gasteiger partial charge on any atom is -0.494 e. The van der Waals surface area contributed by atoms with E-state index in [1.807, 2.05) is 42.5 Å². The van der Waals surface area contributed by atoms with E-state index in [0.29, 0.717) is 11.3 Å². The number of hydrogen-bond donors (Lipinski definition) is 0. The van der Waals surface area contributed by atoms with Crippen molar-refractivity contribution in [2.45, 2.75) is 52.4 Å². The molecule has 1 heterocycles. The van der Waals surface area contributed by atoms with E-state index in [4.69, 9.17) is 9.47 Å². The molecule has 0 fully saturated rings. The first-order chi connectivity index (χ1) is 16.6. The number of unbranched alkanes of at least 4 members (excludes halogenated alkanes) is 1. The summed E-state index contributed by atoms with van der Waals surface area (Å²) in [7, 11) is 0. The molecule has 0 radical (unpaired) electrons. The normalized spacial score (nSPS) is 11.6. The van der Waals surface area contributed by atoms with Crippen LogP contribution in [0.25, 0.3) is 11.3 Å². The van der Waals surface area contributed by atoms with Crippen LogP contribution in [0.4, 0.5) is 0 Å². The first kappa shape index (κ1) is 25.2. The van der Waals surface area contributed by atoms with Gasteiger partial charge in [-0.1, -0.05) is 38.5 Å². The van der Waals surface area contributed by atoms with E-state index in [-0.39, 0.29) is 5.88 Å². The number of benzene rings is 2. The number of nitrogens with zero attached hydrogens (tertiary/aromatic N) is 2. The molecule has 0 saturated heterocycles. The van der Waals surface area contributed by atoms with Crippen molar-refractivity contribution in [3.05, 3.63) is 84.7 Å². The zero-order valence-corrected chi connectivity index (χ0v) is 20.2. The van der Waals surface area contributed by atoms with E-state index in [2.05, 4.69) is 30.4 Å². The van der Waals surface area contributed by atoms with Crippen LogP contribution in [0.15, 0.2) is 73.6 Å². The zero-order valence-electron chi connectivity index (χ0n) is 20.2.